The molecule has 0 aliphatic carbocycles. The molecule has 0 atom stereocenters. The van der Waals surface area contributed by atoms with Crippen LogP contribution in [0.1, 0.15) is 17.3 Å². The Morgan fingerprint density at radius 1 is 1.28 bits per heavy atom. The fraction of sp³-hybridized carbons (Fsp3) is 0.375. The average molecular weight is 380 g/mol. The van der Waals surface area contributed by atoms with Crippen molar-refractivity contribution < 1.29 is 13.2 Å². The highest BCUT2D eigenvalue weighted by molar-refractivity contribution is 7.92. The van der Waals surface area contributed by atoms with E-state index in [1.165, 1.54) is 0 Å². The molecule has 7 nitrogen and oxygen atoms in total. The van der Waals surface area contributed by atoms with Gasteiger partial charge >= 0.3 is 0 Å². The largest absolute Gasteiger partial charge is 0.345 e. The second-order valence-electron chi connectivity index (χ2n) is 5.68. The number of nitrogens with zero attached hydrogens (tertiary/aromatic N) is 3. The number of nitrogens with one attached hydrogen (secondary N) is 1. The van der Waals surface area contributed by atoms with Crippen LogP contribution in [-0.4, -0.2) is 56.1 Å². The zero-order chi connectivity index (χ0) is 17.9. The zero-order valence-corrected chi connectivity index (χ0v) is 15.5. The van der Waals surface area contributed by atoms with Crippen LogP contribution < -0.4 is 9.62 Å². The molecule has 1 aromatic carbocycles. The molecule has 1 aliphatic heterocycles. The topological polar surface area (TPSA) is 82.6 Å². The van der Waals surface area contributed by atoms with E-state index in [0.29, 0.717) is 24.3 Å². The van der Waals surface area contributed by atoms with Gasteiger partial charge in [0.05, 0.1) is 5.75 Å². The van der Waals surface area contributed by atoms with Crippen LogP contribution in [0.3, 0.4) is 0 Å². The van der Waals surface area contributed by atoms with Crippen LogP contribution >= 0.6 is 11.3 Å². The highest BCUT2D eigenvalue weighted by Gasteiger charge is 2.23. The van der Waals surface area contributed by atoms with Crippen molar-refractivity contribution in [3.63, 3.8) is 0 Å². The molecule has 2 heterocycles. The molecule has 3 rings (SSSR count). The number of aromatic nitrogens is 1. The third-order valence-corrected chi connectivity index (χ3v) is 6.16. The summed E-state index contributed by atoms with van der Waals surface area (Å²) in [5.74, 6) is -0.0968. The number of sulfonamides is 1. The van der Waals surface area contributed by atoms with Gasteiger partial charge in [-0.1, -0.05) is 6.07 Å². The van der Waals surface area contributed by atoms with Crippen LogP contribution in [0.25, 0.3) is 0 Å². The minimum absolute atomic E-state index is 0.0100. The van der Waals surface area contributed by atoms with E-state index in [2.05, 4.69) is 14.6 Å². The van der Waals surface area contributed by atoms with Gasteiger partial charge in [0.25, 0.3) is 5.91 Å². The Morgan fingerprint density at radius 3 is 2.68 bits per heavy atom. The molecule has 1 saturated heterocycles. The summed E-state index contributed by atoms with van der Waals surface area (Å²) < 4.78 is 25.8. The standard InChI is InChI=1S/C16H20N4O3S2/c1-2-25(22,23)18-14-5-3-4-13(12-14)15(21)19-7-9-20(10-8-19)16-17-6-11-24-16/h3-6,11-12,18H,2,7-10H2,1H3. The fourth-order valence-corrected chi connectivity index (χ4v) is 3.95. The lowest BCUT2D eigenvalue weighted by Gasteiger charge is -2.34. The van der Waals surface area contributed by atoms with Gasteiger partial charge in [0, 0.05) is 49.0 Å². The first-order valence-corrected chi connectivity index (χ1v) is 10.6. The Hall–Kier alpha value is -2.13. The monoisotopic (exact) mass is 380 g/mol. The number of anilines is 2. The predicted octanol–water partition coefficient (Wildman–Crippen LogP) is 1.87. The Kier molecular flexibility index (Phi) is 5.24. The molecule has 1 amide bonds. The van der Waals surface area contributed by atoms with E-state index < -0.39 is 10.0 Å². The maximum Gasteiger partial charge on any atom is 0.254 e. The number of piperazine rings is 1. The Bertz CT molecular complexity index is 829. The lowest BCUT2D eigenvalue weighted by atomic mass is 10.1. The SMILES string of the molecule is CCS(=O)(=O)Nc1cccc(C(=O)N2CCN(c3nccs3)CC2)c1. The van der Waals surface area contributed by atoms with Crippen molar-refractivity contribution in [1.82, 2.24) is 9.88 Å². The number of carbonyl (C=O) groups is 1. The van der Waals surface area contributed by atoms with Gasteiger partial charge in [0.2, 0.25) is 10.0 Å². The van der Waals surface area contributed by atoms with E-state index in [1.54, 1.807) is 53.6 Å². The molecule has 25 heavy (non-hydrogen) atoms. The van der Waals surface area contributed by atoms with E-state index in [-0.39, 0.29) is 11.7 Å². The molecule has 9 heteroatoms. The summed E-state index contributed by atoms with van der Waals surface area (Å²) in [5.41, 5.74) is 0.896. The van der Waals surface area contributed by atoms with Crippen LogP contribution in [0.15, 0.2) is 35.8 Å². The molecule has 1 aliphatic rings. The van der Waals surface area contributed by atoms with Crippen molar-refractivity contribution >= 4 is 38.1 Å². The summed E-state index contributed by atoms with van der Waals surface area (Å²) in [6, 6.07) is 6.62. The first-order valence-electron chi connectivity index (χ1n) is 8.03. The van der Waals surface area contributed by atoms with Crippen LogP contribution in [0.2, 0.25) is 0 Å². The fourth-order valence-electron chi connectivity index (χ4n) is 2.62. The molecule has 2 aromatic rings. The van der Waals surface area contributed by atoms with E-state index in [4.69, 9.17) is 0 Å². The molecule has 1 N–H and O–H groups in total. The summed E-state index contributed by atoms with van der Waals surface area (Å²) >= 11 is 1.59. The maximum absolute atomic E-state index is 12.7. The Balaban J connectivity index is 1.66. The molecular weight excluding hydrogens is 360 g/mol. The van der Waals surface area contributed by atoms with Crippen LogP contribution in [0.4, 0.5) is 10.8 Å². The number of hydrogen-bond acceptors (Lipinski definition) is 6. The summed E-state index contributed by atoms with van der Waals surface area (Å²) in [6.45, 7) is 4.27. The molecule has 0 saturated carbocycles. The second kappa shape index (κ2) is 7.40. The van der Waals surface area contributed by atoms with Gasteiger partial charge in [-0.2, -0.15) is 0 Å². The Labute approximate surface area is 151 Å². The minimum atomic E-state index is -3.36. The van der Waals surface area contributed by atoms with Gasteiger partial charge in [0.1, 0.15) is 0 Å². The lowest BCUT2D eigenvalue weighted by molar-refractivity contribution is 0.0747. The van der Waals surface area contributed by atoms with E-state index in [0.717, 1.165) is 18.2 Å². The molecule has 134 valence electrons. The number of hydrogen-bond donors (Lipinski definition) is 1. The van der Waals surface area contributed by atoms with E-state index in [9.17, 15) is 13.2 Å². The summed E-state index contributed by atoms with van der Waals surface area (Å²) in [6.07, 6.45) is 1.78. The normalized spacial score (nSPS) is 15.2. The first-order chi connectivity index (χ1) is 12.0. The number of amides is 1. The third-order valence-electron chi connectivity index (χ3n) is 4.02. The van der Waals surface area contributed by atoms with E-state index >= 15 is 0 Å². The summed E-state index contributed by atoms with van der Waals surface area (Å²) in [5, 5.41) is 2.92. The van der Waals surface area contributed by atoms with Crippen LogP contribution in [0.5, 0.6) is 0 Å². The zero-order valence-electron chi connectivity index (χ0n) is 13.9. The van der Waals surface area contributed by atoms with Gasteiger partial charge in [-0.05, 0) is 25.1 Å². The first kappa shape index (κ1) is 17.7. The average Bonchev–Trinajstić information content (AvgIpc) is 3.16. The van der Waals surface area contributed by atoms with Crippen molar-refractivity contribution in [3.8, 4) is 0 Å². The molecule has 1 fully saturated rings. The van der Waals surface area contributed by atoms with Gasteiger partial charge in [-0.3, -0.25) is 9.52 Å². The van der Waals surface area contributed by atoms with E-state index in [1.807, 2.05) is 5.38 Å². The van der Waals surface area contributed by atoms with Gasteiger partial charge in [-0.25, -0.2) is 13.4 Å². The van der Waals surface area contributed by atoms with Crippen molar-refractivity contribution in [2.75, 3.05) is 41.6 Å². The molecule has 0 unspecified atom stereocenters. The third kappa shape index (κ3) is 4.29. The van der Waals surface area contributed by atoms with Crippen molar-refractivity contribution in [2.24, 2.45) is 0 Å². The van der Waals surface area contributed by atoms with Gasteiger partial charge < -0.3 is 9.80 Å². The highest BCUT2D eigenvalue weighted by atomic mass is 32.2. The minimum Gasteiger partial charge on any atom is -0.345 e. The second-order valence-corrected chi connectivity index (χ2v) is 8.56. The lowest BCUT2D eigenvalue weighted by Crippen LogP contribution is -2.48. The van der Waals surface area contributed by atoms with Crippen molar-refractivity contribution in [3.05, 3.63) is 41.4 Å². The molecule has 0 radical (unpaired) electrons. The van der Waals surface area contributed by atoms with Crippen molar-refractivity contribution in [1.29, 1.82) is 0 Å². The quantitative estimate of drug-likeness (QED) is 0.856. The van der Waals surface area contributed by atoms with Crippen LogP contribution in [-0.2, 0) is 10.0 Å². The number of carbonyl (C=O) groups excluding carboxylic acids is 1. The molecule has 0 spiro atoms. The van der Waals surface area contributed by atoms with Crippen molar-refractivity contribution in [2.45, 2.75) is 6.92 Å². The molecular formula is C16H20N4O3S2. The highest BCUT2D eigenvalue weighted by Crippen LogP contribution is 2.20. The number of rotatable bonds is 5. The van der Waals surface area contributed by atoms with Gasteiger partial charge in [-0.15, -0.1) is 11.3 Å². The number of thiazole rings is 1. The maximum atomic E-state index is 12.7. The summed E-state index contributed by atoms with van der Waals surface area (Å²) in [4.78, 5) is 21.0. The summed E-state index contributed by atoms with van der Waals surface area (Å²) in [7, 11) is -3.36. The van der Waals surface area contributed by atoms with Crippen LogP contribution in [0, 0.1) is 0 Å². The molecule has 0 bridgehead atoms. The Morgan fingerprint density at radius 2 is 2.04 bits per heavy atom. The number of benzene rings is 1. The predicted molar refractivity (Wildman–Crippen MR) is 99.8 cm³/mol. The molecule has 1 aromatic heterocycles. The smallest absolute Gasteiger partial charge is 0.254 e. The van der Waals surface area contributed by atoms with Gasteiger partial charge in [0.15, 0.2) is 5.13 Å².